The maximum Gasteiger partial charge on any atom is 0.233 e. The smallest absolute Gasteiger partial charge is 0.233 e. The second kappa shape index (κ2) is 6.41. The van der Waals surface area contributed by atoms with Crippen LogP contribution in [0.4, 0.5) is 5.69 Å². The molecular formula is C17H17N3O2. The van der Waals surface area contributed by atoms with Gasteiger partial charge in [-0.15, -0.1) is 0 Å². The number of nitrogens with zero attached hydrogens (tertiary/aromatic N) is 3. The van der Waals surface area contributed by atoms with E-state index in [0.717, 1.165) is 17.0 Å². The van der Waals surface area contributed by atoms with Crippen molar-refractivity contribution in [2.24, 2.45) is 0 Å². The van der Waals surface area contributed by atoms with Crippen LogP contribution in [0, 0.1) is 0 Å². The number of carbonyl (C=O) groups excluding carboxylic acids is 1. The van der Waals surface area contributed by atoms with Crippen molar-refractivity contribution in [3.05, 3.63) is 66.6 Å². The highest BCUT2D eigenvalue weighted by Gasteiger charge is 2.16. The number of imidazole rings is 1. The number of aliphatic hydroxyl groups is 1. The lowest BCUT2D eigenvalue weighted by Gasteiger charge is -2.22. The minimum Gasteiger partial charge on any atom is -0.395 e. The zero-order valence-corrected chi connectivity index (χ0v) is 12.1. The lowest BCUT2D eigenvalue weighted by molar-refractivity contribution is -0.118. The number of benzene rings is 1. The number of anilines is 1. The number of hydrogen-bond donors (Lipinski definition) is 1. The monoisotopic (exact) mass is 295 g/mol. The first-order valence-electron chi connectivity index (χ1n) is 7.17. The van der Waals surface area contributed by atoms with Gasteiger partial charge in [0.2, 0.25) is 5.91 Å². The Bertz CT molecular complexity index is 768. The Labute approximate surface area is 128 Å². The zero-order chi connectivity index (χ0) is 15.4. The van der Waals surface area contributed by atoms with Crippen LogP contribution in [0.1, 0.15) is 5.69 Å². The molecule has 2 aromatic heterocycles. The first-order chi connectivity index (χ1) is 10.8. The minimum atomic E-state index is -0.0735. The van der Waals surface area contributed by atoms with Gasteiger partial charge in [-0.3, -0.25) is 4.79 Å². The third kappa shape index (κ3) is 2.84. The molecule has 2 heterocycles. The summed E-state index contributed by atoms with van der Waals surface area (Å²) in [5.74, 6) is -0.0542. The topological polar surface area (TPSA) is 57.8 Å². The average Bonchev–Trinajstić information content (AvgIpc) is 3.03. The summed E-state index contributed by atoms with van der Waals surface area (Å²) in [6, 6.07) is 15.1. The summed E-state index contributed by atoms with van der Waals surface area (Å²) in [7, 11) is 0. The van der Waals surface area contributed by atoms with Gasteiger partial charge >= 0.3 is 0 Å². The number of aliphatic hydroxyl groups excluding tert-OH is 1. The highest BCUT2D eigenvalue weighted by Crippen LogP contribution is 2.15. The van der Waals surface area contributed by atoms with E-state index in [9.17, 15) is 9.90 Å². The molecule has 0 saturated heterocycles. The molecule has 0 bridgehead atoms. The van der Waals surface area contributed by atoms with Gasteiger partial charge in [-0.25, -0.2) is 4.98 Å². The van der Waals surface area contributed by atoms with Crippen LogP contribution < -0.4 is 4.90 Å². The maximum absolute atomic E-state index is 12.6. The van der Waals surface area contributed by atoms with Crippen molar-refractivity contribution in [1.82, 2.24) is 9.38 Å². The molecule has 22 heavy (non-hydrogen) atoms. The second-order valence-corrected chi connectivity index (χ2v) is 4.95. The average molecular weight is 295 g/mol. The summed E-state index contributed by atoms with van der Waals surface area (Å²) in [6.07, 6.45) is 3.81. The van der Waals surface area contributed by atoms with Crippen molar-refractivity contribution in [2.45, 2.75) is 6.42 Å². The molecule has 1 aromatic carbocycles. The molecule has 0 aliphatic rings. The zero-order valence-electron chi connectivity index (χ0n) is 12.1. The molecular weight excluding hydrogens is 278 g/mol. The standard InChI is InChI=1S/C17H17N3O2/c21-12-11-20(14-5-2-1-3-6-14)17(22)13-15-7-4-8-16-18-9-10-19(15)16/h1-10,21H,11-13H2. The maximum atomic E-state index is 12.6. The van der Waals surface area contributed by atoms with Crippen molar-refractivity contribution in [2.75, 3.05) is 18.1 Å². The molecule has 0 atom stereocenters. The molecule has 0 aliphatic carbocycles. The fourth-order valence-electron chi connectivity index (χ4n) is 2.51. The number of fused-ring (bicyclic) bond motifs is 1. The lowest BCUT2D eigenvalue weighted by atomic mass is 10.2. The van der Waals surface area contributed by atoms with Crippen LogP contribution in [0.15, 0.2) is 60.9 Å². The van der Waals surface area contributed by atoms with Crippen molar-refractivity contribution in [1.29, 1.82) is 0 Å². The number of rotatable bonds is 5. The number of amides is 1. The Morgan fingerprint density at radius 1 is 1.14 bits per heavy atom. The number of hydrogen-bond acceptors (Lipinski definition) is 3. The molecule has 0 unspecified atom stereocenters. The fourth-order valence-corrected chi connectivity index (χ4v) is 2.51. The van der Waals surface area contributed by atoms with Gasteiger partial charge in [0, 0.05) is 30.3 Å². The van der Waals surface area contributed by atoms with Crippen LogP contribution in [0.3, 0.4) is 0 Å². The van der Waals surface area contributed by atoms with Crippen molar-refractivity contribution in [3.63, 3.8) is 0 Å². The molecule has 1 amide bonds. The summed E-state index contributed by atoms with van der Waals surface area (Å²) >= 11 is 0. The normalized spacial score (nSPS) is 10.8. The van der Waals surface area contributed by atoms with E-state index in [1.807, 2.05) is 59.1 Å². The quantitative estimate of drug-likeness (QED) is 0.782. The lowest BCUT2D eigenvalue weighted by Crippen LogP contribution is -2.35. The summed E-state index contributed by atoms with van der Waals surface area (Å²) < 4.78 is 1.90. The van der Waals surface area contributed by atoms with Gasteiger partial charge < -0.3 is 14.4 Å². The number of para-hydroxylation sites is 1. The van der Waals surface area contributed by atoms with Crippen LogP contribution in [0.5, 0.6) is 0 Å². The summed E-state index contributed by atoms with van der Waals surface area (Å²) in [6.45, 7) is 0.207. The second-order valence-electron chi connectivity index (χ2n) is 4.95. The highest BCUT2D eigenvalue weighted by atomic mass is 16.3. The SMILES string of the molecule is O=C(Cc1cccc2nccn12)N(CCO)c1ccccc1. The van der Waals surface area contributed by atoms with Gasteiger partial charge in [-0.1, -0.05) is 24.3 Å². The van der Waals surface area contributed by atoms with Gasteiger partial charge in [0.15, 0.2) is 0 Å². The van der Waals surface area contributed by atoms with E-state index in [4.69, 9.17) is 0 Å². The minimum absolute atomic E-state index is 0.0542. The van der Waals surface area contributed by atoms with E-state index in [2.05, 4.69) is 4.98 Å². The van der Waals surface area contributed by atoms with Gasteiger partial charge in [-0.2, -0.15) is 0 Å². The predicted octanol–water partition coefficient (Wildman–Crippen LogP) is 1.90. The molecule has 0 aliphatic heterocycles. The molecule has 0 spiro atoms. The highest BCUT2D eigenvalue weighted by molar-refractivity contribution is 5.94. The molecule has 0 saturated carbocycles. The Morgan fingerprint density at radius 2 is 1.95 bits per heavy atom. The van der Waals surface area contributed by atoms with Crippen LogP contribution in [0.2, 0.25) is 0 Å². The Hall–Kier alpha value is -2.66. The van der Waals surface area contributed by atoms with Crippen LogP contribution in [-0.2, 0) is 11.2 Å². The molecule has 0 radical (unpaired) electrons. The summed E-state index contributed by atoms with van der Waals surface area (Å²) in [5, 5.41) is 9.24. The van der Waals surface area contributed by atoms with Gasteiger partial charge in [-0.05, 0) is 24.3 Å². The Balaban J connectivity index is 1.87. The van der Waals surface area contributed by atoms with Crippen LogP contribution >= 0.6 is 0 Å². The molecule has 112 valence electrons. The summed E-state index contributed by atoms with van der Waals surface area (Å²) in [5.41, 5.74) is 2.48. The molecule has 0 fully saturated rings. The van der Waals surface area contributed by atoms with Gasteiger partial charge in [0.05, 0.1) is 13.0 Å². The van der Waals surface area contributed by atoms with E-state index in [1.54, 1.807) is 11.1 Å². The molecule has 1 N–H and O–H groups in total. The molecule has 5 nitrogen and oxygen atoms in total. The first kappa shape index (κ1) is 14.3. The summed E-state index contributed by atoms with van der Waals surface area (Å²) in [4.78, 5) is 18.5. The number of pyridine rings is 1. The van der Waals surface area contributed by atoms with Crippen molar-refractivity contribution >= 4 is 17.2 Å². The van der Waals surface area contributed by atoms with Crippen molar-refractivity contribution < 1.29 is 9.90 Å². The van der Waals surface area contributed by atoms with E-state index < -0.39 is 0 Å². The molecule has 3 aromatic rings. The van der Waals surface area contributed by atoms with Crippen LogP contribution in [-0.4, -0.2) is 33.6 Å². The van der Waals surface area contributed by atoms with Crippen molar-refractivity contribution in [3.8, 4) is 0 Å². The van der Waals surface area contributed by atoms with E-state index in [0.29, 0.717) is 0 Å². The predicted molar refractivity (Wildman–Crippen MR) is 84.8 cm³/mol. The molecule has 5 heteroatoms. The fraction of sp³-hybridized carbons (Fsp3) is 0.176. The third-order valence-corrected chi connectivity index (χ3v) is 3.54. The van der Waals surface area contributed by atoms with E-state index in [1.165, 1.54) is 0 Å². The van der Waals surface area contributed by atoms with Gasteiger partial charge in [0.1, 0.15) is 5.65 Å². The number of carbonyl (C=O) groups is 1. The van der Waals surface area contributed by atoms with Gasteiger partial charge in [0.25, 0.3) is 0 Å². The van der Waals surface area contributed by atoms with E-state index >= 15 is 0 Å². The molecule has 3 rings (SSSR count). The van der Waals surface area contributed by atoms with E-state index in [-0.39, 0.29) is 25.5 Å². The first-order valence-corrected chi connectivity index (χ1v) is 7.17. The Kier molecular flexibility index (Phi) is 4.16. The largest absolute Gasteiger partial charge is 0.395 e. The number of aromatic nitrogens is 2. The third-order valence-electron chi connectivity index (χ3n) is 3.54. The van der Waals surface area contributed by atoms with Crippen LogP contribution in [0.25, 0.3) is 5.65 Å². The Morgan fingerprint density at radius 3 is 2.73 bits per heavy atom.